The normalized spacial score (nSPS) is 26.7. The van der Waals surface area contributed by atoms with Crippen LogP contribution in [0, 0.1) is 17.3 Å². The number of nitrogens with zero attached hydrogens (tertiary/aromatic N) is 3. The molecule has 6 atom stereocenters. The highest BCUT2D eigenvalue weighted by Gasteiger charge is 2.79. The largest absolute Gasteiger partial charge is 0.394 e. The van der Waals surface area contributed by atoms with E-state index in [2.05, 4.69) is 47.8 Å². The number of amides is 3. The average molecular weight is 670 g/mol. The van der Waals surface area contributed by atoms with E-state index in [1.165, 1.54) is 0 Å². The second kappa shape index (κ2) is 13.9. The van der Waals surface area contributed by atoms with Crippen LogP contribution in [0.4, 0.5) is 0 Å². The van der Waals surface area contributed by atoms with Gasteiger partial charge in [-0.05, 0) is 56.1 Å². The maximum atomic E-state index is 15.4. The molecule has 0 aliphatic carbocycles. The van der Waals surface area contributed by atoms with Crippen LogP contribution < -0.4 is 0 Å². The number of hydrogen-bond acceptors (Lipinski definition) is 5. The van der Waals surface area contributed by atoms with Crippen molar-refractivity contribution in [3.05, 3.63) is 97.1 Å². The number of hydrogen-bond donors (Lipinski definition) is 1. The minimum Gasteiger partial charge on any atom is -0.394 e. The molecule has 3 aliphatic heterocycles. The first-order chi connectivity index (χ1) is 23.2. The summed E-state index contributed by atoms with van der Waals surface area (Å²) in [5.74, 6) is -2.42. The van der Waals surface area contributed by atoms with Gasteiger partial charge in [0.15, 0.2) is 0 Å². The second-order valence-corrected chi connectivity index (χ2v) is 16.0. The smallest absolute Gasteiger partial charge is 0.249 e. The Morgan fingerprint density at radius 2 is 1.59 bits per heavy atom. The molecule has 0 radical (unpaired) electrons. The zero-order chi connectivity index (χ0) is 35.8. The van der Waals surface area contributed by atoms with Gasteiger partial charge >= 0.3 is 0 Å². The Kier molecular flexibility index (Phi) is 10.3. The fourth-order valence-corrected chi connectivity index (χ4v) is 9.37. The summed E-state index contributed by atoms with van der Waals surface area (Å²) < 4.78 is 7.15. The summed E-state index contributed by atoms with van der Waals surface area (Å²) in [5, 5.41) is 11.0. The Balaban J connectivity index is 1.66. The molecule has 3 amide bonds. The molecule has 49 heavy (non-hydrogen) atoms. The molecule has 0 aromatic heterocycles. The molecule has 264 valence electrons. The lowest BCUT2D eigenvalue weighted by Crippen LogP contribution is -2.61. The summed E-state index contributed by atoms with van der Waals surface area (Å²) in [7, 11) is 0. The van der Waals surface area contributed by atoms with Crippen molar-refractivity contribution in [3.8, 4) is 0 Å². The Morgan fingerprint density at radius 3 is 2.14 bits per heavy atom. The van der Waals surface area contributed by atoms with Gasteiger partial charge in [0, 0.05) is 25.2 Å². The minimum atomic E-state index is -1.24. The average Bonchev–Trinajstić information content (AvgIpc) is 3.67. The van der Waals surface area contributed by atoms with Crippen LogP contribution in [0.1, 0.15) is 84.4 Å². The lowest BCUT2D eigenvalue weighted by molar-refractivity contribution is -0.161. The van der Waals surface area contributed by atoms with E-state index in [-0.39, 0.29) is 36.3 Å². The van der Waals surface area contributed by atoms with Crippen LogP contribution in [0.15, 0.2) is 86.0 Å². The van der Waals surface area contributed by atoms with E-state index in [1.807, 2.05) is 72.5 Å². The second-order valence-electron chi connectivity index (χ2n) is 16.0. The maximum absolute atomic E-state index is 15.4. The van der Waals surface area contributed by atoms with Crippen molar-refractivity contribution in [2.24, 2.45) is 17.3 Å². The Labute approximate surface area is 292 Å². The van der Waals surface area contributed by atoms with Crippen molar-refractivity contribution in [3.63, 3.8) is 0 Å². The first-order valence-corrected chi connectivity index (χ1v) is 17.7. The van der Waals surface area contributed by atoms with Gasteiger partial charge in [-0.25, -0.2) is 0 Å². The summed E-state index contributed by atoms with van der Waals surface area (Å²) in [5.41, 5.74) is -1.14. The molecule has 5 rings (SSSR count). The predicted octanol–water partition coefficient (Wildman–Crippen LogP) is 6.32. The molecule has 3 saturated heterocycles. The van der Waals surface area contributed by atoms with E-state index in [4.69, 9.17) is 4.74 Å². The van der Waals surface area contributed by atoms with Gasteiger partial charge < -0.3 is 24.5 Å². The van der Waals surface area contributed by atoms with Crippen molar-refractivity contribution >= 4 is 17.7 Å². The minimum absolute atomic E-state index is 0.0909. The van der Waals surface area contributed by atoms with Crippen LogP contribution in [0.5, 0.6) is 0 Å². The molecule has 1 N–H and O–H groups in total. The Bertz CT molecular complexity index is 1540. The quantitative estimate of drug-likeness (QED) is 0.238. The first kappa shape index (κ1) is 36.5. The summed E-state index contributed by atoms with van der Waals surface area (Å²) >= 11 is 0. The van der Waals surface area contributed by atoms with E-state index in [1.54, 1.807) is 22.0 Å². The van der Waals surface area contributed by atoms with Gasteiger partial charge in [0.05, 0.1) is 30.1 Å². The van der Waals surface area contributed by atoms with Crippen LogP contribution in [-0.4, -0.2) is 80.0 Å². The Morgan fingerprint density at radius 1 is 0.980 bits per heavy atom. The van der Waals surface area contributed by atoms with Crippen molar-refractivity contribution in [2.75, 3.05) is 19.7 Å². The lowest BCUT2D eigenvalue weighted by Gasteiger charge is -2.46. The molecule has 1 spiro atoms. The highest BCUT2D eigenvalue weighted by atomic mass is 16.5. The molecule has 2 aromatic carbocycles. The molecule has 3 aliphatic rings. The van der Waals surface area contributed by atoms with Crippen molar-refractivity contribution < 1.29 is 24.2 Å². The topological polar surface area (TPSA) is 90.4 Å². The van der Waals surface area contributed by atoms with Gasteiger partial charge in [0.25, 0.3) is 0 Å². The van der Waals surface area contributed by atoms with E-state index in [9.17, 15) is 9.90 Å². The fraction of sp³-hybridized carbons (Fsp3) is 0.537. The van der Waals surface area contributed by atoms with Crippen LogP contribution in [0.2, 0.25) is 0 Å². The van der Waals surface area contributed by atoms with Crippen LogP contribution in [0.25, 0.3) is 0 Å². The number of ether oxygens (including phenoxy) is 1. The summed E-state index contributed by atoms with van der Waals surface area (Å²) in [6, 6.07) is 17.3. The van der Waals surface area contributed by atoms with Gasteiger partial charge in [-0.3, -0.25) is 14.4 Å². The van der Waals surface area contributed by atoms with Crippen molar-refractivity contribution in [2.45, 2.75) is 103 Å². The molecule has 8 heteroatoms. The molecular weight excluding hydrogens is 614 g/mol. The zero-order valence-corrected chi connectivity index (χ0v) is 30.2. The zero-order valence-electron chi connectivity index (χ0n) is 30.2. The third kappa shape index (κ3) is 6.50. The highest BCUT2D eigenvalue weighted by Crippen LogP contribution is 2.65. The number of carbonyl (C=O) groups is 3. The van der Waals surface area contributed by atoms with E-state index >= 15 is 9.59 Å². The summed E-state index contributed by atoms with van der Waals surface area (Å²) in [6.45, 7) is 21.0. The van der Waals surface area contributed by atoms with Gasteiger partial charge in [-0.2, -0.15) is 0 Å². The van der Waals surface area contributed by atoms with Gasteiger partial charge in [-0.15, -0.1) is 13.2 Å². The molecule has 2 bridgehead atoms. The number of rotatable bonds is 14. The molecule has 2 unspecified atom stereocenters. The molecular formula is C41H55N3O5. The third-order valence-corrected chi connectivity index (χ3v) is 11.0. The molecule has 0 saturated carbocycles. The van der Waals surface area contributed by atoms with Crippen LogP contribution in [0.3, 0.4) is 0 Å². The number of fused-ring (bicyclic) bond motifs is 1. The maximum Gasteiger partial charge on any atom is 0.249 e. The number of benzene rings is 2. The fourth-order valence-electron chi connectivity index (χ4n) is 9.37. The van der Waals surface area contributed by atoms with Crippen LogP contribution in [-0.2, 0) is 25.7 Å². The van der Waals surface area contributed by atoms with Gasteiger partial charge in [-0.1, -0.05) is 101 Å². The van der Waals surface area contributed by atoms with E-state index < -0.39 is 40.7 Å². The monoisotopic (exact) mass is 669 g/mol. The SMILES string of the molecule is C=CCN(Cc1ccccc1)C(=O)[C@@H]1[C@H]2C(=O)N([C@H](CO)c3ccccc3)C(C(=O)N(CC=C)C(C)(C)CC(C)(C)C)C23CC[C@@]1(CC)O3. The number of likely N-dealkylation sites (tertiary alicyclic amines) is 1. The standard InChI is InChI=1S/C41H55N3O5/c1-9-24-42(26-29-18-14-12-15-19-29)35(46)32-33-36(47)44(31(27-45)30-20-16-13-17-21-30)34(41(33)23-22-40(32,11-3)49-41)37(48)43(25-10-2)39(7,8)28-38(4,5)6/h9-10,12-21,31-34,45H,1-2,11,22-28H2,3-8H3/t31-,32+,33+,34?,40-,41?/m1/s1. The number of aliphatic hydroxyl groups excluding tert-OH is 1. The van der Waals surface area contributed by atoms with Gasteiger partial charge in [0.1, 0.15) is 11.6 Å². The van der Waals surface area contributed by atoms with E-state index in [0.29, 0.717) is 38.8 Å². The summed E-state index contributed by atoms with van der Waals surface area (Å²) in [4.78, 5) is 50.6. The highest BCUT2D eigenvalue weighted by molar-refractivity contribution is 5.99. The predicted molar refractivity (Wildman–Crippen MR) is 192 cm³/mol. The molecule has 3 fully saturated rings. The number of carbonyl (C=O) groups excluding carboxylic acids is 3. The van der Waals surface area contributed by atoms with Crippen molar-refractivity contribution in [1.29, 1.82) is 0 Å². The number of aliphatic hydroxyl groups is 1. The molecule has 3 heterocycles. The van der Waals surface area contributed by atoms with Crippen molar-refractivity contribution in [1.82, 2.24) is 14.7 Å². The Hall–Kier alpha value is -3.75. The van der Waals surface area contributed by atoms with Gasteiger partial charge in [0.2, 0.25) is 17.7 Å². The molecule has 8 nitrogen and oxygen atoms in total. The van der Waals surface area contributed by atoms with Crippen LogP contribution >= 0.6 is 0 Å². The molecule has 2 aromatic rings. The summed E-state index contributed by atoms with van der Waals surface area (Å²) in [6.07, 6.45) is 5.68. The first-order valence-electron chi connectivity index (χ1n) is 17.7. The third-order valence-electron chi connectivity index (χ3n) is 11.0. The van der Waals surface area contributed by atoms with E-state index in [0.717, 1.165) is 11.1 Å². The lowest BCUT2D eigenvalue weighted by atomic mass is 9.64.